The second-order valence-electron chi connectivity index (χ2n) is 7.57. The van der Waals surface area contributed by atoms with Gasteiger partial charge in [0.1, 0.15) is 0 Å². The van der Waals surface area contributed by atoms with Crippen LogP contribution in [0.3, 0.4) is 0 Å². The van der Waals surface area contributed by atoms with E-state index in [0.717, 1.165) is 17.9 Å². The molecule has 0 aliphatic rings. The van der Waals surface area contributed by atoms with E-state index < -0.39 is 0 Å². The molecule has 171 valence electrons. The molecule has 3 heteroatoms. The Hall–Kier alpha value is -0.964. The van der Waals surface area contributed by atoms with Gasteiger partial charge in [-0.25, -0.2) is 0 Å². The van der Waals surface area contributed by atoms with Crippen molar-refractivity contribution in [2.45, 2.75) is 90.4 Å². The van der Waals surface area contributed by atoms with E-state index in [2.05, 4.69) is 53.8 Å². The summed E-state index contributed by atoms with van der Waals surface area (Å²) in [4.78, 5) is 0. The molecular formula is C27H39ClCoO-2. The summed E-state index contributed by atoms with van der Waals surface area (Å²) in [6, 6.07) is 18.9. The van der Waals surface area contributed by atoms with Gasteiger partial charge < -0.3 is 6.92 Å². The number of halogens is 1. The molecule has 0 aliphatic carbocycles. The molecule has 0 saturated heterocycles. The Morgan fingerprint density at radius 3 is 1.80 bits per heavy atom. The van der Waals surface area contributed by atoms with Gasteiger partial charge in [0.25, 0.3) is 0 Å². The van der Waals surface area contributed by atoms with Crippen LogP contribution in [-0.4, -0.2) is 0 Å². The maximum absolute atomic E-state index is 7.94. The van der Waals surface area contributed by atoms with E-state index in [1.165, 1.54) is 81.8 Å². The summed E-state index contributed by atoms with van der Waals surface area (Å²) < 4.78 is 7.94. The molecule has 2 aromatic rings. The first kappa shape index (κ1) is 29.0. The fourth-order valence-corrected chi connectivity index (χ4v) is 3.44. The zero-order chi connectivity index (χ0) is 22.3. The Kier molecular flexibility index (Phi) is 22.0. The van der Waals surface area contributed by atoms with Gasteiger partial charge in [0, 0.05) is 5.02 Å². The van der Waals surface area contributed by atoms with Crippen LogP contribution in [0, 0.1) is 13.0 Å². The monoisotopic (exact) mass is 473 g/mol. The second-order valence-corrected chi connectivity index (χ2v) is 7.97. The molecule has 0 amide bonds. The maximum atomic E-state index is 7.94. The van der Waals surface area contributed by atoms with Gasteiger partial charge in [-0.3, -0.25) is 0 Å². The molecule has 0 saturated carbocycles. The Morgan fingerprint density at radius 2 is 1.30 bits per heavy atom. The van der Waals surface area contributed by atoms with Crippen LogP contribution >= 0.6 is 11.6 Å². The van der Waals surface area contributed by atoms with Crippen molar-refractivity contribution < 1.29 is 19.5 Å². The summed E-state index contributed by atoms with van der Waals surface area (Å²) >= 11 is 8.38. The minimum atomic E-state index is 0.834. The topological polar surface area (TPSA) is 17.1 Å². The molecule has 1 nitrogen and oxygen atoms in total. The molecule has 0 spiro atoms. The molecule has 2 rings (SSSR count). The molecule has 30 heavy (non-hydrogen) atoms. The van der Waals surface area contributed by atoms with E-state index in [1.54, 1.807) is 0 Å². The van der Waals surface area contributed by atoms with Gasteiger partial charge in [0.05, 0.1) is 0 Å². The van der Waals surface area contributed by atoms with Gasteiger partial charge in [0.15, 0.2) is 0 Å². The zero-order valence-electron chi connectivity index (χ0n) is 18.6. The van der Waals surface area contributed by atoms with E-state index in [9.17, 15) is 0 Å². The number of hydrogen-bond acceptors (Lipinski definition) is 1. The van der Waals surface area contributed by atoms with Gasteiger partial charge in [-0.2, -0.15) is 42.3 Å². The van der Waals surface area contributed by atoms with Crippen LogP contribution in [0.5, 0.6) is 0 Å². The number of unbranched alkanes of at least 4 members (excludes halogenated alkanes) is 11. The normalized spacial score (nSPS) is 9.87. The standard InChI is InChI=1S/C14H29.C13H10Cl.Co.O/c1-3-5-7-9-11-13-14-12-10-8-6-4-2;14-13-9-5-4-8-12(13)10-11-6-2-1-3-7-11;;/h1,3-14H2,2H3;2-9H,10H2;;/q2*-1;;. The van der Waals surface area contributed by atoms with Crippen molar-refractivity contribution in [3.8, 4) is 0 Å². The van der Waals surface area contributed by atoms with E-state index >= 15 is 0 Å². The molecule has 0 radical (unpaired) electrons. The van der Waals surface area contributed by atoms with E-state index in [-0.39, 0.29) is 0 Å². The SMILES string of the molecule is Clc1ccccc1Cc1cc[c-]cc1.[CH2-]CCCCCCCCCCCCC.[O]=[Co]. The van der Waals surface area contributed by atoms with Crippen molar-refractivity contribution in [2.24, 2.45) is 0 Å². The van der Waals surface area contributed by atoms with Crippen LogP contribution < -0.4 is 0 Å². The quantitative estimate of drug-likeness (QED) is 0.209. The summed E-state index contributed by atoms with van der Waals surface area (Å²) in [5.74, 6) is 0. The Bertz CT molecular complexity index is 591. The van der Waals surface area contributed by atoms with Gasteiger partial charge in [0.2, 0.25) is 0 Å². The van der Waals surface area contributed by atoms with Gasteiger partial charge in [-0.05, 0) is 18.1 Å². The van der Waals surface area contributed by atoms with Crippen molar-refractivity contribution in [1.82, 2.24) is 0 Å². The average Bonchev–Trinajstić information content (AvgIpc) is 2.79. The Morgan fingerprint density at radius 1 is 0.800 bits per heavy atom. The third kappa shape index (κ3) is 16.8. The van der Waals surface area contributed by atoms with E-state index in [0.29, 0.717) is 0 Å². The Balaban J connectivity index is 0.000000518. The van der Waals surface area contributed by atoms with Crippen LogP contribution in [0.4, 0.5) is 0 Å². The summed E-state index contributed by atoms with van der Waals surface area (Å²) in [5, 5.41) is 0.834. The van der Waals surface area contributed by atoms with Crippen LogP contribution in [-0.2, 0) is 26.0 Å². The average molecular weight is 474 g/mol. The van der Waals surface area contributed by atoms with Crippen molar-refractivity contribution in [3.05, 3.63) is 77.7 Å². The van der Waals surface area contributed by atoms with Crippen LogP contribution in [0.15, 0.2) is 48.5 Å². The first-order chi connectivity index (χ1) is 14.8. The number of benzene rings is 2. The summed E-state index contributed by atoms with van der Waals surface area (Å²) in [7, 11) is 0. The molecule has 2 aromatic carbocycles. The van der Waals surface area contributed by atoms with Crippen molar-refractivity contribution in [3.63, 3.8) is 0 Å². The predicted octanol–water partition coefficient (Wildman–Crippen LogP) is 9.13. The third-order valence-electron chi connectivity index (χ3n) is 4.99. The zero-order valence-corrected chi connectivity index (χ0v) is 20.4. The molecule has 0 fully saturated rings. The molecule has 0 heterocycles. The predicted molar refractivity (Wildman–Crippen MR) is 127 cm³/mol. The summed E-state index contributed by atoms with van der Waals surface area (Å²) in [6.07, 6.45) is 17.7. The van der Waals surface area contributed by atoms with Crippen LogP contribution in [0.1, 0.15) is 95.1 Å². The molecule has 0 aromatic heterocycles. The minimum absolute atomic E-state index is 0.834. The molecule has 0 N–H and O–H groups in total. The van der Waals surface area contributed by atoms with Crippen molar-refractivity contribution in [1.29, 1.82) is 0 Å². The number of hydrogen-bond donors (Lipinski definition) is 0. The third-order valence-corrected chi connectivity index (χ3v) is 5.36. The van der Waals surface area contributed by atoms with E-state index in [4.69, 9.17) is 15.5 Å². The Labute approximate surface area is 198 Å². The molecule has 0 atom stereocenters. The fourth-order valence-electron chi connectivity index (χ4n) is 3.24. The second kappa shape index (κ2) is 22.7. The van der Waals surface area contributed by atoms with E-state index in [1.807, 2.05) is 30.3 Å². The summed E-state index contributed by atoms with van der Waals surface area (Å²) in [6.45, 7) is 6.14. The molecule has 0 aliphatic heterocycles. The molecule has 0 unspecified atom stereocenters. The van der Waals surface area contributed by atoms with Gasteiger partial charge >= 0.3 is 19.5 Å². The molecular weight excluding hydrogens is 435 g/mol. The van der Waals surface area contributed by atoms with Crippen molar-refractivity contribution >= 4 is 11.6 Å². The number of rotatable bonds is 13. The van der Waals surface area contributed by atoms with Crippen LogP contribution in [0.25, 0.3) is 0 Å². The van der Waals surface area contributed by atoms with Crippen LogP contribution in [0.2, 0.25) is 5.02 Å². The van der Waals surface area contributed by atoms with Gasteiger partial charge in [-0.15, -0.1) is 0 Å². The first-order valence-electron chi connectivity index (χ1n) is 11.4. The first-order valence-corrected chi connectivity index (χ1v) is 12.2. The summed E-state index contributed by atoms with van der Waals surface area (Å²) in [5.41, 5.74) is 2.43. The fraction of sp³-hybridized carbons (Fsp3) is 0.519. The van der Waals surface area contributed by atoms with Crippen molar-refractivity contribution in [2.75, 3.05) is 0 Å². The van der Waals surface area contributed by atoms with Gasteiger partial charge in [-0.1, -0.05) is 107 Å². The molecule has 0 bridgehead atoms.